The van der Waals surface area contributed by atoms with Crippen LogP contribution in [0.1, 0.15) is 24.0 Å². The number of carbonyl (C=O) groups excluding carboxylic acids is 1. The van der Waals surface area contributed by atoms with E-state index in [1.807, 2.05) is 47.2 Å². The normalized spacial score (nSPS) is 13.6. The van der Waals surface area contributed by atoms with Gasteiger partial charge in [0, 0.05) is 51.2 Å². The first-order valence-corrected chi connectivity index (χ1v) is 15.2. The van der Waals surface area contributed by atoms with Crippen molar-refractivity contribution in [2.24, 2.45) is 0 Å². The quantitative estimate of drug-likeness (QED) is 0.131. The molecule has 0 bridgehead atoms. The van der Waals surface area contributed by atoms with Crippen LogP contribution >= 0.6 is 22.9 Å². The molecule has 1 amide bonds. The highest BCUT2D eigenvalue weighted by Crippen LogP contribution is 2.34. The zero-order valence-corrected chi connectivity index (χ0v) is 23.4. The number of non-ortho nitro benzene ring substituents is 1. The van der Waals surface area contributed by atoms with E-state index in [0.29, 0.717) is 41.1 Å². The summed E-state index contributed by atoms with van der Waals surface area (Å²) in [6, 6.07) is 15.7. The van der Waals surface area contributed by atoms with Crippen LogP contribution in [0.15, 0.2) is 66.2 Å². The van der Waals surface area contributed by atoms with Gasteiger partial charge in [0.2, 0.25) is 15.9 Å². The molecule has 6 rings (SSSR count). The van der Waals surface area contributed by atoms with Gasteiger partial charge in [-0.3, -0.25) is 19.6 Å². The summed E-state index contributed by atoms with van der Waals surface area (Å²) >= 11 is 7.87. The van der Waals surface area contributed by atoms with Crippen molar-refractivity contribution in [3.05, 3.63) is 92.4 Å². The van der Waals surface area contributed by atoms with Crippen molar-refractivity contribution in [2.45, 2.75) is 31.1 Å². The van der Waals surface area contributed by atoms with Crippen LogP contribution in [0.3, 0.4) is 0 Å². The number of halogens is 1. The molecule has 40 heavy (non-hydrogen) atoms. The lowest BCUT2D eigenvalue weighted by atomic mass is 10.0. The molecule has 5 aromatic rings. The van der Waals surface area contributed by atoms with Crippen molar-refractivity contribution in [1.29, 1.82) is 0 Å². The standard InChI is InChI=1S/C28H23ClN4O5S2/c29-20-2-6-27-25(11-20)19(15-39-27)14-32-13-18(10-28(34)31-40(37,38)23-3-4-23)24-5-1-16(9-26(24)32)17-7-21(30)12-22(8-17)33(35)36/h1-2,5-9,11-13,15,23H,3-4,10,14,30H2,(H,31,34). The van der Waals surface area contributed by atoms with Gasteiger partial charge in [-0.1, -0.05) is 23.7 Å². The van der Waals surface area contributed by atoms with Crippen molar-refractivity contribution < 1.29 is 18.1 Å². The maximum Gasteiger partial charge on any atom is 0.272 e. The van der Waals surface area contributed by atoms with Crippen LogP contribution in [-0.4, -0.2) is 29.1 Å². The number of rotatable bonds is 8. The SMILES string of the molecule is Nc1cc(-c2ccc3c(CC(=O)NS(=O)(=O)C4CC4)cn(Cc4csc5ccc(Cl)cc45)c3c2)cc([N+](=O)[O-])c1. The molecule has 1 aliphatic rings. The molecule has 0 unspecified atom stereocenters. The third-order valence-electron chi connectivity index (χ3n) is 6.98. The minimum absolute atomic E-state index is 0.110. The minimum atomic E-state index is -3.66. The first-order valence-electron chi connectivity index (χ1n) is 12.4. The molecule has 2 heterocycles. The average Bonchev–Trinajstić information content (AvgIpc) is 3.63. The molecule has 3 N–H and O–H groups in total. The molecule has 9 nitrogen and oxygen atoms in total. The maximum absolute atomic E-state index is 12.8. The number of anilines is 1. The number of hydrogen-bond donors (Lipinski definition) is 2. The van der Waals surface area contributed by atoms with E-state index < -0.39 is 26.1 Å². The zero-order chi connectivity index (χ0) is 28.2. The second-order valence-corrected chi connectivity index (χ2v) is 13.2. The summed E-state index contributed by atoms with van der Waals surface area (Å²) in [6.45, 7) is 0.472. The van der Waals surface area contributed by atoms with Gasteiger partial charge in [-0.2, -0.15) is 0 Å². The van der Waals surface area contributed by atoms with Crippen molar-refractivity contribution >= 4 is 71.2 Å². The van der Waals surface area contributed by atoms with E-state index in [4.69, 9.17) is 17.3 Å². The first kappa shape index (κ1) is 26.3. The molecule has 12 heteroatoms. The van der Waals surface area contributed by atoms with Gasteiger partial charge in [-0.25, -0.2) is 8.42 Å². The number of nitrogens with zero attached hydrogens (tertiary/aromatic N) is 2. The lowest BCUT2D eigenvalue weighted by molar-refractivity contribution is -0.384. The monoisotopic (exact) mass is 594 g/mol. The predicted molar refractivity (Wildman–Crippen MR) is 158 cm³/mol. The van der Waals surface area contributed by atoms with Gasteiger partial charge in [0.15, 0.2) is 0 Å². The van der Waals surface area contributed by atoms with Gasteiger partial charge in [0.05, 0.1) is 16.6 Å². The second-order valence-electron chi connectivity index (χ2n) is 9.93. The number of thiophene rings is 1. The Balaban J connectivity index is 1.43. The average molecular weight is 595 g/mol. The summed E-state index contributed by atoms with van der Waals surface area (Å²) in [7, 11) is -3.66. The number of nitrogens with two attached hydrogens (primary N) is 1. The van der Waals surface area contributed by atoms with Gasteiger partial charge in [0.1, 0.15) is 0 Å². The van der Waals surface area contributed by atoms with Crippen LogP contribution in [0, 0.1) is 10.1 Å². The van der Waals surface area contributed by atoms with Gasteiger partial charge in [-0.05, 0) is 76.2 Å². The second kappa shape index (κ2) is 9.92. The molecule has 0 saturated heterocycles. The predicted octanol–water partition coefficient (Wildman–Crippen LogP) is 5.87. The van der Waals surface area contributed by atoms with Gasteiger partial charge >= 0.3 is 0 Å². The molecule has 2 aromatic heterocycles. The third-order valence-corrected chi connectivity index (χ3v) is 10.1. The molecule has 1 fully saturated rings. The number of nitro groups is 1. The van der Waals surface area contributed by atoms with E-state index in [1.165, 1.54) is 12.1 Å². The summed E-state index contributed by atoms with van der Waals surface area (Å²) in [5.41, 5.74) is 9.92. The Morgan fingerprint density at radius 3 is 2.62 bits per heavy atom. The van der Waals surface area contributed by atoms with Crippen LogP contribution in [0.2, 0.25) is 5.02 Å². The fourth-order valence-electron chi connectivity index (χ4n) is 4.92. The Bertz CT molecular complexity index is 1940. The highest BCUT2D eigenvalue weighted by atomic mass is 35.5. The number of amides is 1. The Kier molecular flexibility index (Phi) is 6.52. The van der Waals surface area contributed by atoms with E-state index in [2.05, 4.69) is 10.1 Å². The Morgan fingerprint density at radius 2 is 1.88 bits per heavy atom. The van der Waals surface area contributed by atoms with Crippen LogP contribution in [0.5, 0.6) is 0 Å². The summed E-state index contributed by atoms with van der Waals surface area (Å²) in [6.07, 6.45) is 2.86. The fourth-order valence-corrected chi connectivity index (χ4v) is 7.33. The zero-order valence-electron chi connectivity index (χ0n) is 21.0. The number of carbonyl (C=O) groups is 1. The van der Waals surface area contributed by atoms with E-state index in [1.54, 1.807) is 17.4 Å². The number of nitro benzene ring substituents is 1. The summed E-state index contributed by atoms with van der Waals surface area (Å²) in [4.78, 5) is 23.7. The largest absolute Gasteiger partial charge is 0.399 e. The molecule has 0 radical (unpaired) electrons. The van der Waals surface area contributed by atoms with Crippen LogP contribution in [0.4, 0.5) is 11.4 Å². The van der Waals surface area contributed by atoms with Crippen molar-refractivity contribution in [2.75, 3.05) is 5.73 Å². The molecular formula is C28H23ClN4O5S2. The molecule has 0 spiro atoms. The van der Waals surface area contributed by atoms with E-state index in [-0.39, 0.29) is 17.8 Å². The molecule has 0 aliphatic heterocycles. The van der Waals surface area contributed by atoms with Crippen LogP contribution < -0.4 is 10.5 Å². The Hall–Kier alpha value is -3.93. The minimum Gasteiger partial charge on any atom is -0.399 e. The number of benzene rings is 3. The maximum atomic E-state index is 12.8. The lowest BCUT2D eigenvalue weighted by Gasteiger charge is -2.08. The third kappa shape index (κ3) is 5.15. The molecule has 1 saturated carbocycles. The number of fused-ring (bicyclic) bond motifs is 2. The van der Waals surface area contributed by atoms with Gasteiger partial charge in [0.25, 0.3) is 5.69 Å². The Morgan fingerprint density at radius 1 is 1.07 bits per heavy atom. The molecule has 3 aromatic carbocycles. The summed E-state index contributed by atoms with van der Waals surface area (Å²) in [5.74, 6) is -0.589. The van der Waals surface area contributed by atoms with Gasteiger partial charge in [-0.15, -0.1) is 11.3 Å². The van der Waals surface area contributed by atoms with E-state index in [9.17, 15) is 23.3 Å². The molecule has 0 atom stereocenters. The van der Waals surface area contributed by atoms with Crippen molar-refractivity contribution in [1.82, 2.24) is 9.29 Å². The summed E-state index contributed by atoms with van der Waals surface area (Å²) in [5, 5.41) is 15.4. The molecular weight excluding hydrogens is 572 g/mol. The fraction of sp³-hybridized carbons (Fsp3) is 0.179. The number of nitrogens with one attached hydrogen (secondary N) is 1. The topological polar surface area (TPSA) is 137 Å². The van der Waals surface area contributed by atoms with Gasteiger partial charge < -0.3 is 10.3 Å². The molecule has 204 valence electrons. The van der Waals surface area contributed by atoms with Crippen LogP contribution in [-0.2, 0) is 27.8 Å². The van der Waals surface area contributed by atoms with E-state index >= 15 is 0 Å². The van der Waals surface area contributed by atoms with Crippen molar-refractivity contribution in [3.63, 3.8) is 0 Å². The highest BCUT2D eigenvalue weighted by Gasteiger charge is 2.36. The number of nitrogen functional groups attached to an aromatic ring is 1. The van der Waals surface area contributed by atoms with Crippen molar-refractivity contribution in [3.8, 4) is 11.1 Å². The summed E-state index contributed by atoms with van der Waals surface area (Å²) < 4.78 is 30.0. The molecule has 1 aliphatic carbocycles. The number of sulfonamides is 1. The lowest BCUT2D eigenvalue weighted by Crippen LogP contribution is -2.34. The first-order chi connectivity index (χ1) is 19.1. The highest BCUT2D eigenvalue weighted by molar-refractivity contribution is 7.90. The number of hydrogen-bond acceptors (Lipinski definition) is 7. The number of aromatic nitrogens is 1. The Labute approximate surface area is 238 Å². The van der Waals surface area contributed by atoms with E-state index in [0.717, 1.165) is 26.6 Å². The smallest absolute Gasteiger partial charge is 0.272 e. The van der Waals surface area contributed by atoms with Crippen LogP contribution in [0.25, 0.3) is 32.1 Å².